The average molecular weight is 359 g/mol. The molecule has 0 saturated carbocycles. The molecule has 4 rings (SSSR count). The molecular weight excluding hydrogens is 340 g/mol. The molecule has 2 saturated heterocycles. The molecule has 0 radical (unpaired) electrons. The molecular formula is C19H19ClN2O3. The van der Waals surface area contributed by atoms with Crippen LogP contribution < -0.4 is 9.64 Å². The largest absolute Gasteiger partial charge is 0.507 e. The van der Waals surface area contributed by atoms with Gasteiger partial charge in [-0.05, 0) is 30.7 Å². The zero-order valence-electron chi connectivity index (χ0n) is 13.9. The fourth-order valence-electron chi connectivity index (χ4n) is 3.83. The SMILES string of the molecule is COc1ccc(CN2C[C@@H]3C[C@H]2C(=O)N3c2cccc(Cl)c2)c(O)c1. The molecule has 6 heteroatoms. The van der Waals surface area contributed by atoms with E-state index >= 15 is 0 Å². The van der Waals surface area contributed by atoms with Crippen molar-refractivity contribution in [1.29, 1.82) is 0 Å². The number of rotatable bonds is 4. The van der Waals surface area contributed by atoms with Gasteiger partial charge in [0, 0.05) is 35.4 Å². The zero-order chi connectivity index (χ0) is 17.6. The van der Waals surface area contributed by atoms with Crippen molar-refractivity contribution >= 4 is 23.2 Å². The van der Waals surface area contributed by atoms with Crippen molar-refractivity contribution in [1.82, 2.24) is 4.90 Å². The van der Waals surface area contributed by atoms with E-state index in [1.807, 2.05) is 41.3 Å². The summed E-state index contributed by atoms with van der Waals surface area (Å²) >= 11 is 6.06. The number of ether oxygens (including phenoxy) is 1. The lowest BCUT2D eigenvalue weighted by atomic mass is 10.1. The van der Waals surface area contributed by atoms with Crippen molar-refractivity contribution < 1.29 is 14.6 Å². The highest BCUT2D eigenvalue weighted by Gasteiger charge is 2.50. The lowest BCUT2D eigenvalue weighted by molar-refractivity contribution is -0.122. The summed E-state index contributed by atoms with van der Waals surface area (Å²) in [5.74, 6) is 0.917. The number of hydrogen-bond donors (Lipinski definition) is 1. The minimum absolute atomic E-state index is 0.103. The summed E-state index contributed by atoms with van der Waals surface area (Å²) in [4.78, 5) is 16.8. The van der Waals surface area contributed by atoms with E-state index < -0.39 is 0 Å². The van der Waals surface area contributed by atoms with Crippen LogP contribution in [0.25, 0.3) is 0 Å². The molecule has 2 aliphatic rings. The molecule has 0 unspecified atom stereocenters. The smallest absolute Gasteiger partial charge is 0.244 e. The normalized spacial score (nSPS) is 22.6. The Morgan fingerprint density at radius 3 is 2.80 bits per heavy atom. The van der Waals surface area contributed by atoms with Crippen LogP contribution in [-0.2, 0) is 11.3 Å². The number of aromatic hydroxyl groups is 1. The number of amides is 1. The van der Waals surface area contributed by atoms with E-state index in [1.165, 1.54) is 0 Å². The third-order valence-corrected chi connectivity index (χ3v) is 5.26. The highest BCUT2D eigenvalue weighted by atomic mass is 35.5. The van der Waals surface area contributed by atoms with Crippen LogP contribution in [-0.4, -0.2) is 41.7 Å². The summed E-state index contributed by atoms with van der Waals surface area (Å²) in [6.07, 6.45) is 0.808. The second kappa shape index (κ2) is 6.24. The first-order valence-corrected chi connectivity index (χ1v) is 8.63. The van der Waals surface area contributed by atoms with Crippen LogP contribution in [0.15, 0.2) is 42.5 Å². The summed E-state index contributed by atoms with van der Waals surface area (Å²) in [5, 5.41) is 10.8. The maximum atomic E-state index is 12.8. The number of phenolic OH excluding ortho intramolecular Hbond substituents is 1. The van der Waals surface area contributed by atoms with Crippen molar-refractivity contribution in [3.8, 4) is 11.5 Å². The average Bonchev–Trinajstić information content (AvgIpc) is 3.14. The Hall–Kier alpha value is -2.24. The van der Waals surface area contributed by atoms with Crippen molar-refractivity contribution in [2.45, 2.75) is 25.0 Å². The minimum atomic E-state index is -0.148. The number of halogens is 1. The lowest BCUT2D eigenvalue weighted by Gasteiger charge is -2.34. The second-order valence-corrected chi connectivity index (χ2v) is 6.95. The molecule has 2 aromatic carbocycles. The number of fused-ring (bicyclic) bond motifs is 2. The highest BCUT2D eigenvalue weighted by Crippen LogP contribution is 2.38. The van der Waals surface area contributed by atoms with Gasteiger partial charge in [-0.1, -0.05) is 23.7 Å². The number of benzene rings is 2. The van der Waals surface area contributed by atoms with Gasteiger partial charge in [-0.25, -0.2) is 0 Å². The van der Waals surface area contributed by atoms with E-state index in [0.717, 1.165) is 24.2 Å². The van der Waals surface area contributed by atoms with E-state index in [0.29, 0.717) is 17.3 Å². The van der Waals surface area contributed by atoms with E-state index in [-0.39, 0.29) is 23.7 Å². The molecule has 2 bridgehead atoms. The van der Waals surface area contributed by atoms with Gasteiger partial charge in [0.25, 0.3) is 0 Å². The number of likely N-dealkylation sites (tertiary alicyclic amines) is 1. The van der Waals surface area contributed by atoms with Crippen molar-refractivity contribution in [2.75, 3.05) is 18.6 Å². The third-order valence-electron chi connectivity index (χ3n) is 5.02. The Labute approximate surface area is 151 Å². The van der Waals surface area contributed by atoms with Crippen molar-refractivity contribution in [3.63, 3.8) is 0 Å². The summed E-state index contributed by atoms with van der Waals surface area (Å²) in [7, 11) is 1.57. The van der Waals surface area contributed by atoms with Crippen LogP contribution in [0.1, 0.15) is 12.0 Å². The number of methoxy groups -OCH3 is 1. The van der Waals surface area contributed by atoms with Gasteiger partial charge in [-0.2, -0.15) is 0 Å². The Balaban J connectivity index is 1.51. The van der Waals surface area contributed by atoms with Crippen LogP contribution in [0.5, 0.6) is 11.5 Å². The summed E-state index contributed by atoms with van der Waals surface area (Å²) < 4.78 is 5.11. The van der Waals surface area contributed by atoms with Crippen molar-refractivity contribution in [3.05, 3.63) is 53.1 Å². The first-order chi connectivity index (χ1) is 12.1. The van der Waals surface area contributed by atoms with E-state index in [2.05, 4.69) is 4.90 Å². The number of carbonyl (C=O) groups is 1. The van der Waals surface area contributed by atoms with Gasteiger partial charge in [0.15, 0.2) is 0 Å². The van der Waals surface area contributed by atoms with Gasteiger partial charge < -0.3 is 14.7 Å². The Morgan fingerprint density at radius 2 is 2.12 bits per heavy atom. The van der Waals surface area contributed by atoms with Crippen LogP contribution in [0.2, 0.25) is 5.02 Å². The predicted molar refractivity (Wildman–Crippen MR) is 96.2 cm³/mol. The number of piperazine rings is 1. The molecule has 2 heterocycles. The van der Waals surface area contributed by atoms with Crippen LogP contribution in [0, 0.1) is 0 Å². The molecule has 1 N–H and O–H groups in total. The Morgan fingerprint density at radius 1 is 1.28 bits per heavy atom. The third kappa shape index (κ3) is 2.83. The topological polar surface area (TPSA) is 53.0 Å². The van der Waals surface area contributed by atoms with E-state index in [1.54, 1.807) is 13.2 Å². The van der Waals surface area contributed by atoms with Gasteiger partial charge in [-0.3, -0.25) is 9.69 Å². The molecule has 2 atom stereocenters. The molecule has 5 nitrogen and oxygen atoms in total. The fourth-order valence-corrected chi connectivity index (χ4v) is 4.01. The van der Waals surface area contributed by atoms with Crippen LogP contribution in [0.3, 0.4) is 0 Å². The minimum Gasteiger partial charge on any atom is -0.507 e. The molecule has 0 aromatic heterocycles. The van der Waals surface area contributed by atoms with Gasteiger partial charge >= 0.3 is 0 Å². The van der Waals surface area contributed by atoms with Gasteiger partial charge in [0.05, 0.1) is 19.2 Å². The predicted octanol–water partition coefficient (Wildman–Crippen LogP) is 3.04. The fraction of sp³-hybridized carbons (Fsp3) is 0.316. The highest BCUT2D eigenvalue weighted by molar-refractivity contribution is 6.31. The zero-order valence-corrected chi connectivity index (χ0v) is 14.6. The van der Waals surface area contributed by atoms with Gasteiger partial charge in [0.2, 0.25) is 5.91 Å². The molecule has 0 spiro atoms. The van der Waals surface area contributed by atoms with Gasteiger partial charge in [0.1, 0.15) is 11.5 Å². The monoisotopic (exact) mass is 358 g/mol. The van der Waals surface area contributed by atoms with E-state index in [4.69, 9.17) is 16.3 Å². The van der Waals surface area contributed by atoms with Crippen LogP contribution >= 0.6 is 11.6 Å². The molecule has 0 aliphatic carbocycles. The number of phenols is 1. The lowest BCUT2D eigenvalue weighted by Crippen LogP contribution is -2.50. The number of nitrogens with zero attached hydrogens (tertiary/aromatic N) is 2. The standard InChI is InChI=1S/C19H19ClN2O3/c1-25-16-6-5-12(18(23)9-16)10-21-11-15-8-17(21)19(24)22(15)14-4-2-3-13(20)7-14/h2-7,9,15,17,23H,8,10-11H2,1H3/t15-,17-/m0/s1. The maximum absolute atomic E-state index is 12.8. The maximum Gasteiger partial charge on any atom is 0.244 e. The molecule has 2 aliphatic heterocycles. The van der Waals surface area contributed by atoms with Gasteiger partial charge in [-0.15, -0.1) is 0 Å². The Bertz CT molecular complexity index is 826. The van der Waals surface area contributed by atoms with Crippen molar-refractivity contribution in [2.24, 2.45) is 0 Å². The number of anilines is 1. The summed E-state index contributed by atoms with van der Waals surface area (Å²) in [6.45, 7) is 1.33. The summed E-state index contributed by atoms with van der Waals surface area (Å²) in [5.41, 5.74) is 1.66. The van der Waals surface area contributed by atoms with Crippen LogP contribution in [0.4, 0.5) is 5.69 Å². The second-order valence-electron chi connectivity index (χ2n) is 6.52. The molecule has 1 amide bonds. The molecule has 130 valence electrons. The first-order valence-electron chi connectivity index (χ1n) is 8.25. The molecule has 2 aromatic rings. The molecule has 2 fully saturated rings. The Kier molecular flexibility index (Phi) is 4.06. The molecule has 25 heavy (non-hydrogen) atoms. The number of carbonyl (C=O) groups excluding carboxylic acids is 1. The first kappa shape index (κ1) is 16.2. The quantitative estimate of drug-likeness (QED) is 0.912. The van der Waals surface area contributed by atoms with E-state index in [9.17, 15) is 9.90 Å². The number of hydrogen-bond acceptors (Lipinski definition) is 4. The summed E-state index contributed by atoms with van der Waals surface area (Å²) in [6, 6.07) is 12.7.